The fourth-order valence-corrected chi connectivity index (χ4v) is 1.58. The molecule has 0 saturated carbocycles. The number of halogens is 3. The molecule has 94 valence electrons. The van der Waals surface area contributed by atoms with Gasteiger partial charge in [-0.3, -0.25) is 0 Å². The van der Waals surface area contributed by atoms with Crippen LogP contribution >= 0.6 is 0 Å². The molecule has 0 atom stereocenters. The molecule has 0 saturated heterocycles. The average Bonchev–Trinajstić information content (AvgIpc) is 2.23. The van der Waals surface area contributed by atoms with Gasteiger partial charge in [-0.05, 0) is 24.3 Å². The first-order valence-corrected chi connectivity index (χ1v) is 5.74. The highest BCUT2D eigenvalue weighted by Gasteiger charge is 2.34. The summed E-state index contributed by atoms with van der Waals surface area (Å²) in [5.41, 5.74) is -0.289. The minimum atomic E-state index is -4.28. The van der Waals surface area contributed by atoms with Crippen LogP contribution in [0.2, 0.25) is 0 Å². The number of allylic oxidation sites excluding steroid dienone is 2. The van der Waals surface area contributed by atoms with Gasteiger partial charge in [-0.15, -0.1) is 0 Å². The summed E-state index contributed by atoms with van der Waals surface area (Å²) in [5.74, 6) is 0.413. The molecule has 1 rings (SSSR count). The van der Waals surface area contributed by atoms with E-state index < -0.39 is 11.7 Å². The number of alkyl halides is 3. The number of rotatable bonds is 4. The highest BCUT2D eigenvalue weighted by Crippen LogP contribution is 2.34. The Morgan fingerprint density at radius 2 is 1.76 bits per heavy atom. The van der Waals surface area contributed by atoms with Gasteiger partial charge in [0, 0.05) is 0 Å². The van der Waals surface area contributed by atoms with Gasteiger partial charge in [0.05, 0.1) is 5.57 Å². The van der Waals surface area contributed by atoms with E-state index in [-0.39, 0.29) is 5.56 Å². The van der Waals surface area contributed by atoms with Crippen LogP contribution in [0.5, 0.6) is 0 Å². The second-order valence-corrected chi connectivity index (χ2v) is 4.45. The van der Waals surface area contributed by atoms with Crippen molar-refractivity contribution in [2.24, 2.45) is 5.92 Å². The van der Waals surface area contributed by atoms with Crippen molar-refractivity contribution >= 4 is 5.57 Å². The fraction of sp³-hybridized carbons (Fsp3) is 0.429. The summed E-state index contributed by atoms with van der Waals surface area (Å²) in [4.78, 5) is 0. The van der Waals surface area contributed by atoms with E-state index >= 15 is 0 Å². The van der Waals surface area contributed by atoms with Crippen LogP contribution in [-0.2, 0) is 0 Å². The van der Waals surface area contributed by atoms with Gasteiger partial charge >= 0.3 is 6.18 Å². The van der Waals surface area contributed by atoms with Gasteiger partial charge in [-0.2, -0.15) is 13.2 Å². The maximum absolute atomic E-state index is 12.9. The quantitative estimate of drug-likeness (QED) is 0.691. The lowest BCUT2D eigenvalue weighted by atomic mass is 10.0. The Balaban J connectivity index is 2.90. The Morgan fingerprint density at radius 1 is 1.18 bits per heavy atom. The molecule has 0 nitrogen and oxygen atoms in total. The molecule has 0 radical (unpaired) electrons. The lowest BCUT2D eigenvalue weighted by Crippen LogP contribution is -2.10. The Bertz CT molecular complexity index is 361. The van der Waals surface area contributed by atoms with Crippen molar-refractivity contribution in [2.75, 3.05) is 0 Å². The molecule has 0 aliphatic heterocycles. The molecule has 0 amide bonds. The zero-order valence-corrected chi connectivity index (χ0v) is 10.1. The summed E-state index contributed by atoms with van der Waals surface area (Å²) in [6, 6.07) is 7.95. The van der Waals surface area contributed by atoms with Crippen LogP contribution in [-0.4, -0.2) is 6.18 Å². The third-order valence-corrected chi connectivity index (χ3v) is 2.48. The van der Waals surface area contributed by atoms with Crippen LogP contribution in [0.3, 0.4) is 0 Å². The molecule has 0 unspecified atom stereocenters. The first kappa shape index (κ1) is 13.8. The van der Waals surface area contributed by atoms with Gasteiger partial charge in [0.25, 0.3) is 0 Å². The summed E-state index contributed by atoms with van der Waals surface area (Å²) in [6.45, 7) is 4.01. The SMILES string of the molecule is CC(C)CCC=C(c1ccccc1)C(F)(F)F. The molecule has 3 heteroatoms. The van der Waals surface area contributed by atoms with E-state index in [4.69, 9.17) is 0 Å². The van der Waals surface area contributed by atoms with Crippen LogP contribution in [0.4, 0.5) is 13.2 Å². The predicted octanol–water partition coefficient (Wildman–Crippen LogP) is 5.07. The van der Waals surface area contributed by atoms with Crippen LogP contribution < -0.4 is 0 Å². The maximum Gasteiger partial charge on any atom is 0.416 e. The lowest BCUT2D eigenvalue weighted by molar-refractivity contribution is -0.0690. The predicted molar refractivity (Wildman–Crippen MR) is 64.5 cm³/mol. The largest absolute Gasteiger partial charge is 0.416 e. The standard InChI is InChI=1S/C14H17F3/c1-11(2)7-6-10-13(14(15,16)17)12-8-4-3-5-9-12/h3-5,8-11H,6-7H2,1-2H3. The van der Waals surface area contributed by atoms with E-state index in [1.54, 1.807) is 18.2 Å². The first-order chi connectivity index (χ1) is 7.91. The smallest absolute Gasteiger partial charge is 0.166 e. The molecule has 0 heterocycles. The summed E-state index contributed by atoms with van der Waals surface area (Å²) < 4.78 is 38.6. The zero-order chi connectivity index (χ0) is 12.9. The summed E-state index contributed by atoms with van der Waals surface area (Å²) in [5, 5.41) is 0. The Kier molecular flexibility index (Phi) is 4.79. The molecule has 0 spiro atoms. The highest BCUT2D eigenvalue weighted by molar-refractivity contribution is 5.69. The second-order valence-electron chi connectivity index (χ2n) is 4.45. The molecule has 0 aliphatic carbocycles. The van der Waals surface area contributed by atoms with Crippen molar-refractivity contribution in [2.45, 2.75) is 32.9 Å². The topological polar surface area (TPSA) is 0 Å². The van der Waals surface area contributed by atoms with Crippen LogP contribution in [0.1, 0.15) is 32.3 Å². The highest BCUT2D eigenvalue weighted by atomic mass is 19.4. The van der Waals surface area contributed by atoms with E-state index in [0.29, 0.717) is 12.3 Å². The summed E-state index contributed by atoms with van der Waals surface area (Å²) in [6.07, 6.45) is -1.75. The Hall–Kier alpha value is -1.25. The molecule has 0 fully saturated rings. The van der Waals surface area contributed by atoms with E-state index in [2.05, 4.69) is 0 Å². The third-order valence-electron chi connectivity index (χ3n) is 2.48. The van der Waals surface area contributed by atoms with Gasteiger partial charge in [-0.25, -0.2) is 0 Å². The van der Waals surface area contributed by atoms with Crippen molar-refractivity contribution in [1.82, 2.24) is 0 Å². The van der Waals surface area contributed by atoms with E-state index in [1.165, 1.54) is 18.2 Å². The maximum atomic E-state index is 12.9. The monoisotopic (exact) mass is 242 g/mol. The van der Waals surface area contributed by atoms with Crippen LogP contribution in [0.25, 0.3) is 5.57 Å². The Morgan fingerprint density at radius 3 is 2.24 bits per heavy atom. The molecule has 0 bridgehead atoms. The summed E-state index contributed by atoms with van der Waals surface area (Å²) in [7, 11) is 0. The number of benzene rings is 1. The number of hydrogen-bond acceptors (Lipinski definition) is 0. The first-order valence-electron chi connectivity index (χ1n) is 5.74. The molecule has 0 N–H and O–H groups in total. The van der Waals surface area contributed by atoms with Crippen LogP contribution in [0, 0.1) is 5.92 Å². The van der Waals surface area contributed by atoms with Gasteiger partial charge < -0.3 is 0 Å². The molecule has 0 aromatic heterocycles. The minimum absolute atomic E-state index is 0.240. The van der Waals surface area contributed by atoms with Gasteiger partial charge in [0.2, 0.25) is 0 Å². The molecule has 1 aromatic carbocycles. The van der Waals surface area contributed by atoms with Crippen molar-refractivity contribution in [3.63, 3.8) is 0 Å². The molecular formula is C14H17F3. The molecular weight excluding hydrogens is 225 g/mol. The van der Waals surface area contributed by atoms with E-state index in [1.807, 2.05) is 13.8 Å². The summed E-state index contributed by atoms with van der Waals surface area (Å²) >= 11 is 0. The zero-order valence-electron chi connectivity index (χ0n) is 10.1. The van der Waals surface area contributed by atoms with Crippen molar-refractivity contribution in [3.8, 4) is 0 Å². The molecule has 17 heavy (non-hydrogen) atoms. The third kappa shape index (κ3) is 4.63. The van der Waals surface area contributed by atoms with E-state index in [9.17, 15) is 13.2 Å². The fourth-order valence-electron chi connectivity index (χ4n) is 1.58. The van der Waals surface area contributed by atoms with Gasteiger partial charge in [0.15, 0.2) is 0 Å². The van der Waals surface area contributed by atoms with Crippen LogP contribution in [0.15, 0.2) is 36.4 Å². The van der Waals surface area contributed by atoms with E-state index in [0.717, 1.165) is 6.42 Å². The minimum Gasteiger partial charge on any atom is -0.166 e. The average molecular weight is 242 g/mol. The second kappa shape index (κ2) is 5.89. The van der Waals surface area contributed by atoms with Crippen molar-refractivity contribution in [3.05, 3.63) is 42.0 Å². The Labute approximate surface area is 100 Å². The number of hydrogen-bond donors (Lipinski definition) is 0. The van der Waals surface area contributed by atoms with Gasteiger partial charge in [0.1, 0.15) is 0 Å². The van der Waals surface area contributed by atoms with Crippen molar-refractivity contribution < 1.29 is 13.2 Å². The molecule has 1 aromatic rings. The van der Waals surface area contributed by atoms with Crippen molar-refractivity contribution in [1.29, 1.82) is 0 Å². The lowest BCUT2D eigenvalue weighted by Gasteiger charge is -2.12. The van der Waals surface area contributed by atoms with Gasteiger partial charge in [-0.1, -0.05) is 50.3 Å². The molecule has 0 aliphatic rings. The normalized spacial score (nSPS) is 13.2.